The molecule has 0 aromatic carbocycles. The minimum absolute atomic E-state index is 0.0168. The van der Waals surface area contributed by atoms with E-state index in [1.165, 1.54) is 5.57 Å². The number of rotatable bonds is 3. The third-order valence-electron chi connectivity index (χ3n) is 4.37. The molecule has 2 fully saturated rings. The molecule has 0 bridgehead atoms. The fourth-order valence-corrected chi connectivity index (χ4v) is 3.51. The molecule has 0 aromatic heterocycles. The van der Waals surface area contributed by atoms with E-state index >= 15 is 0 Å². The van der Waals surface area contributed by atoms with E-state index in [0.29, 0.717) is 18.3 Å². The molecular weight excluding hydrogens is 200 g/mol. The monoisotopic (exact) mass is 222 g/mol. The third kappa shape index (κ3) is 1.50. The second-order valence-electron chi connectivity index (χ2n) is 5.12. The number of allylic oxidation sites excluding steroid dienone is 1. The zero-order chi connectivity index (χ0) is 11.8. The first-order valence-corrected chi connectivity index (χ1v) is 6.54. The zero-order valence-corrected chi connectivity index (χ0v) is 10.6. The normalized spacial score (nSPS) is 40.2. The van der Waals surface area contributed by atoms with Gasteiger partial charge in [-0.25, -0.2) is 0 Å². The molecule has 90 valence electrons. The van der Waals surface area contributed by atoms with Gasteiger partial charge in [0.2, 0.25) is 0 Å². The summed E-state index contributed by atoms with van der Waals surface area (Å²) in [5.74, 6) is 0.960. The van der Waals surface area contributed by atoms with Gasteiger partial charge in [0.05, 0.1) is 6.42 Å². The highest BCUT2D eigenvalue weighted by atomic mass is 16.6. The second-order valence-corrected chi connectivity index (χ2v) is 5.12. The molecule has 1 saturated heterocycles. The Kier molecular flexibility index (Phi) is 3.09. The summed E-state index contributed by atoms with van der Waals surface area (Å²) in [7, 11) is 0. The van der Waals surface area contributed by atoms with Gasteiger partial charge in [-0.05, 0) is 19.8 Å². The molecule has 0 N–H and O–H groups in total. The highest BCUT2D eigenvalue weighted by molar-refractivity contribution is 5.74. The average Bonchev–Trinajstić information content (AvgIpc) is 2.61. The molecule has 1 heterocycles. The summed E-state index contributed by atoms with van der Waals surface area (Å²) in [6.45, 7) is 6.48. The van der Waals surface area contributed by atoms with Crippen molar-refractivity contribution < 1.29 is 9.53 Å². The molecule has 0 aromatic rings. The standard InChI is InChI=1S/C14H22O2/c1-4-7-12-10(5-2)9-14(12)11(6-3)8-13(15)16-14/h5,11-12H,4,6-9H2,1-3H3/b10-5+. The molecular formula is C14H22O2. The number of carbonyl (C=O) groups excluding carboxylic acids is 1. The van der Waals surface area contributed by atoms with Crippen molar-refractivity contribution >= 4 is 5.97 Å². The molecule has 2 rings (SSSR count). The maximum atomic E-state index is 11.5. The van der Waals surface area contributed by atoms with E-state index in [-0.39, 0.29) is 11.6 Å². The number of hydrogen-bond acceptors (Lipinski definition) is 2. The lowest BCUT2D eigenvalue weighted by Gasteiger charge is -2.51. The molecule has 1 saturated carbocycles. The smallest absolute Gasteiger partial charge is 0.306 e. The highest BCUT2D eigenvalue weighted by Gasteiger charge is 2.60. The quantitative estimate of drug-likeness (QED) is 0.540. The molecule has 2 heteroatoms. The lowest BCUT2D eigenvalue weighted by molar-refractivity contribution is -0.161. The van der Waals surface area contributed by atoms with E-state index in [1.807, 2.05) is 0 Å². The Labute approximate surface area is 98.1 Å². The van der Waals surface area contributed by atoms with Crippen LogP contribution in [-0.2, 0) is 9.53 Å². The number of hydrogen-bond donors (Lipinski definition) is 0. The van der Waals surface area contributed by atoms with E-state index in [0.717, 1.165) is 25.7 Å². The Hall–Kier alpha value is -0.790. The molecule has 3 atom stereocenters. The molecule has 3 unspecified atom stereocenters. The van der Waals surface area contributed by atoms with Crippen LogP contribution in [0.1, 0.15) is 52.9 Å². The van der Waals surface area contributed by atoms with Gasteiger partial charge in [-0.1, -0.05) is 31.9 Å². The van der Waals surface area contributed by atoms with E-state index < -0.39 is 0 Å². The molecule has 1 aliphatic heterocycles. The Morgan fingerprint density at radius 3 is 2.81 bits per heavy atom. The summed E-state index contributed by atoms with van der Waals surface area (Å²) in [6.07, 6.45) is 7.21. The van der Waals surface area contributed by atoms with Gasteiger partial charge in [-0.3, -0.25) is 4.79 Å². The highest BCUT2D eigenvalue weighted by Crippen LogP contribution is 2.57. The third-order valence-corrected chi connectivity index (χ3v) is 4.37. The van der Waals surface area contributed by atoms with Crippen LogP contribution in [0.4, 0.5) is 0 Å². The molecule has 2 nitrogen and oxygen atoms in total. The van der Waals surface area contributed by atoms with Gasteiger partial charge in [0.1, 0.15) is 5.60 Å². The van der Waals surface area contributed by atoms with Crippen LogP contribution in [0.5, 0.6) is 0 Å². The van der Waals surface area contributed by atoms with Gasteiger partial charge in [0.25, 0.3) is 0 Å². The molecule has 1 aliphatic carbocycles. The van der Waals surface area contributed by atoms with Crippen LogP contribution in [0.15, 0.2) is 11.6 Å². The Bertz CT molecular complexity index is 319. The van der Waals surface area contributed by atoms with E-state index in [9.17, 15) is 4.79 Å². The van der Waals surface area contributed by atoms with Crippen LogP contribution < -0.4 is 0 Å². The van der Waals surface area contributed by atoms with Crippen LogP contribution >= 0.6 is 0 Å². The number of esters is 1. The lowest BCUT2D eigenvalue weighted by atomic mass is 9.58. The van der Waals surface area contributed by atoms with Gasteiger partial charge in [-0.2, -0.15) is 0 Å². The van der Waals surface area contributed by atoms with Crippen molar-refractivity contribution in [1.29, 1.82) is 0 Å². The predicted octanol–water partition coefficient (Wildman–Crippen LogP) is 3.46. The van der Waals surface area contributed by atoms with Crippen molar-refractivity contribution in [3.05, 3.63) is 11.6 Å². The second kappa shape index (κ2) is 4.23. The lowest BCUT2D eigenvalue weighted by Crippen LogP contribution is -2.53. The van der Waals surface area contributed by atoms with Gasteiger partial charge in [0, 0.05) is 18.3 Å². The number of carbonyl (C=O) groups is 1. The summed E-state index contributed by atoms with van der Waals surface area (Å²) in [5, 5.41) is 0. The van der Waals surface area contributed by atoms with Crippen molar-refractivity contribution in [2.45, 2.75) is 58.5 Å². The first-order valence-electron chi connectivity index (χ1n) is 6.54. The van der Waals surface area contributed by atoms with E-state index in [1.54, 1.807) is 0 Å². The minimum atomic E-state index is -0.121. The van der Waals surface area contributed by atoms with Crippen LogP contribution in [-0.4, -0.2) is 11.6 Å². The minimum Gasteiger partial charge on any atom is -0.458 e. The Morgan fingerprint density at radius 1 is 1.50 bits per heavy atom. The topological polar surface area (TPSA) is 26.3 Å². The Morgan fingerprint density at radius 2 is 2.25 bits per heavy atom. The summed E-state index contributed by atoms with van der Waals surface area (Å²) in [6, 6.07) is 0. The SMILES string of the molecule is C/C=C1\CC2(OC(=O)CC2CC)C1CCC. The molecule has 2 aliphatic rings. The molecule has 1 spiro atoms. The van der Waals surface area contributed by atoms with Crippen molar-refractivity contribution in [2.75, 3.05) is 0 Å². The van der Waals surface area contributed by atoms with Crippen LogP contribution in [0.3, 0.4) is 0 Å². The summed E-state index contributed by atoms with van der Waals surface area (Å²) < 4.78 is 5.71. The Balaban J connectivity index is 2.21. The average molecular weight is 222 g/mol. The van der Waals surface area contributed by atoms with Gasteiger partial charge >= 0.3 is 5.97 Å². The molecule has 0 amide bonds. The maximum Gasteiger partial charge on any atom is 0.306 e. The maximum absolute atomic E-state index is 11.5. The van der Waals surface area contributed by atoms with Crippen molar-refractivity contribution in [1.82, 2.24) is 0 Å². The first-order chi connectivity index (χ1) is 7.67. The fourth-order valence-electron chi connectivity index (χ4n) is 3.51. The number of ether oxygens (including phenoxy) is 1. The fraction of sp³-hybridized carbons (Fsp3) is 0.786. The molecule has 0 radical (unpaired) electrons. The van der Waals surface area contributed by atoms with E-state index in [4.69, 9.17) is 4.74 Å². The van der Waals surface area contributed by atoms with Crippen molar-refractivity contribution in [2.24, 2.45) is 11.8 Å². The van der Waals surface area contributed by atoms with Crippen molar-refractivity contribution in [3.63, 3.8) is 0 Å². The summed E-state index contributed by atoms with van der Waals surface area (Å²) in [5.41, 5.74) is 1.37. The summed E-state index contributed by atoms with van der Waals surface area (Å²) in [4.78, 5) is 11.5. The van der Waals surface area contributed by atoms with E-state index in [2.05, 4.69) is 26.8 Å². The first kappa shape index (κ1) is 11.7. The van der Waals surface area contributed by atoms with Crippen LogP contribution in [0.2, 0.25) is 0 Å². The van der Waals surface area contributed by atoms with Gasteiger partial charge in [0.15, 0.2) is 0 Å². The van der Waals surface area contributed by atoms with Gasteiger partial charge in [-0.15, -0.1) is 0 Å². The summed E-state index contributed by atoms with van der Waals surface area (Å²) >= 11 is 0. The predicted molar refractivity (Wildman–Crippen MR) is 64.0 cm³/mol. The molecule has 16 heavy (non-hydrogen) atoms. The largest absolute Gasteiger partial charge is 0.458 e. The zero-order valence-electron chi connectivity index (χ0n) is 10.6. The van der Waals surface area contributed by atoms with Crippen LogP contribution in [0, 0.1) is 11.8 Å². The van der Waals surface area contributed by atoms with Gasteiger partial charge < -0.3 is 4.74 Å². The van der Waals surface area contributed by atoms with Crippen LogP contribution in [0.25, 0.3) is 0 Å². The van der Waals surface area contributed by atoms with Crippen molar-refractivity contribution in [3.8, 4) is 0 Å².